The highest BCUT2D eigenvalue weighted by Crippen LogP contribution is 2.37. The van der Waals surface area contributed by atoms with Gasteiger partial charge in [-0.1, -0.05) is 0 Å². The van der Waals surface area contributed by atoms with Crippen molar-refractivity contribution in [1.82, 2.24) is 4.90 Å². The van der Waals surface area contributed by atoms with Gasteiger partial charge in [-0.15, -0.1) is 0 Å². The van der Waals surface area contributed by atoms with E-state index in [-0.39, 0.29) is 0 Å². The van der Waals surface area contributed by atoms with Crippen molar-refractivity contribution in [3.05, 3.63) is 0 Å². The molecule has 0 aromatic carbocycles. The Hall–Kier alpha value is -0.120. The van der Waals surface area contributed by atoms with Gasteiger partial charge in [0.2, 0.25) is 0 Å². The van der Waals surface area contributed by atoms with Crippen LogP contribution < -0.4 is 5.73 Å². The smallest absolute Gasteiger partial charge is 0.0483 e. The zero-order valence-electron chi connectivity index (χ0n) is 8.30. The second kappa shape index (κ2) is 3.95. The summed E-state index contributed by atoms with van der Waals surface area (Å²) in [7, 11) is 0. The van der Waals surface area contributed by atoms with E-state index in [1.54, 1.807) is 0 Å². The Kier molecular flexibility index (Phi) is 2.86. The summed E-state index contributed by atoms with van der Waals surface area (Å²) in [6.07, 6.45) is 5.14. The topological polar surface area (TPSA) is 38.5 Å². The molecule has 2 heterocycles. The molecule has 13 heavy (non-hydrogen) atoms. The number of hydrogen-bond donors (Lipinski definition) is 1. The van der Waals surface area contributed by atoms with E-state index in [0.717, 1.165) is 26.3 Å². The second-order valence-corrected chi connectivity index (χ2v) is 4.22. The molecule has 2 aliphatic rings. The first-order chi connectivity index (χ1) is 6.37. The monoisotopic (exact) mass is 184 g/mol. The summed E-state index contributed by atoms with van der Waals surface area (Å²) in [6, 6.07) is 0. The minimum atomic E-state index is 0.470. The summed E-state index contributed by atoms with van der Waals surface area (Å²) in [5.41, 5.74) is 6.10. The third-order valence-corrected chi connectivity index (χ3v) is 3.56. The first kappa shape index (κ1) is 9.44. The Labute approximate surface area is 80.2 Å². The molecule has 1 spiro atoms. The van der Waals surface area contributed by atoms with E-state index in [4.69, 9.17) is 10.5 Å². The highest BCUT2D eigenvalue weighted by molar-refractivity contribution is 4.97. The molecule has 76 valence electrons. The molecule has 3 nitrogen and oxygen atoms in total. The zero-order chi connectivity index (χ0) is 9.15. The molecule has 3 heteroatoms. The van der Waals surface area contributed by atoms with E-state index in [2.05, 4.69) is 4.90 Å². The molecular formula is C10H20N2O. The van der Waals surface area contributed by atoms with Crippen molar-refractivity contribution in [3.8, 4) is 0 Å². The predicted octanol–water partition coefficient (Wildman–Crippen LogP) is 0.590. The molecule has 0 bridgehead atoms. The van der Waals surface area contributed by atoms with Crippen molar-refractivity contribution in [3.63, 3.8) is 0 Å². The maximum atomic E-state index is 5.63. The lowest BCUT2D eigenvalue weighted by Gasteiger charge is -2.41. The Morgan fingerprint density at radius 2 is 2.00 bits per heavy atom. The molecule has 2 aliphatic heterocycles. The molecule has 0 radical (unpaired) electrons. The van der Waals surface area contributed by atoms with Crippen LogP contribution >= 0.6 is 0 Å². The lowest BCUT2D eigenvalue weighted by Crippen LogP contribution is -2.49. The Morgan fingerprint density at radius 3 is 2.69 bits per heavy atom. The van der Waals surface area contributed by atoms with E-state index < -0.39 is 0 Å². The molecular weight excluding hydrogens is 164 g/mol. The molecule has 0 saturated carbocycles. The Bertz CT molecular complexity index is 166. The van der Waals surface area contributed by atoms with E-state index in [1.165, 1.54) is 32.2 Å². The summed E-state index contributed by atoms with van der Waals surface area (Å²) in [5, 5.41) is 0. The van der Waals surface area contributed by atoms with Gasteiger partial charge in [-0.25, -0.2) is 0 Å². The summed E-state index contributed by atoms with van der Waals surface area (Å²) < 4.78 is 5.42. The molecule has 2 rings (SSSR count). The predicted molar refractivity (Wildman–Crippen MR) is 52.6 cm³/mol. The van der Waals surface area contributed by atoms with Gasteiger partial charge in [0.1, 0.15) is 0 Å². The molecule has 0 unspecified atom stereocenters. The summed E-state index contributed by atoms with van der Waals surface area (Å²) in [6.45, 7) is 5.00. The standard InChI is InChI=1S/C10H20N2O/c11-5-7-12-6-1-2-10(12)3-8-13-9-4-10/h1-9,11H2. The number of hydrogen-bond acceptors (Lipinski definition) is 3. The van der Waals surface area contributed by atoms with Crippen LogP contribution in [0.1, 0.15) is 25.7 Å². The van der Waals surface area contributed by atoms with Gasteiger partial charge in [-0.05, 0) is 32.2 Å². The minimum absolute atomic E-state index is 0.470. The van der Waals surface area contributed by atoms with Crippen LogP contribution in [0.15, 0.2) is 0 Å². The fourth-order valence-corrected chi connectivity index (χ4v) is 2.82. The average Bonchev–Trinajstić information content (AvgIpc) is 2.52. The molecule has 0 aliphatic carbocycles. The molecule has 2 saturated heterocycles. The quantitative estimate of drug-likeness (QED) is 0.682. The van der Waals surface area contributed by atoms with E-state index in [0.29, 0.717) is 5.54 Å². The van der Waals surface area contributed by atoms with Crippen molar-refractivity contribution >= 4 is 0 Å². The highest BCUT2D eigenvalue weighted by Gasteiger charge is 2.41. The lowest BCUT2D eigenvalue weighted by atomic mass is 9.87. The van der Waals surface area contributed by atoms with Gasteiger partial charge < -0.3 is 10.5 Å². The van der Waals surface area contributed by atoms with Crippen LogP contribution in [0.2, 0.25) is 0 Å². The van der Waals surface area contributed by atoms with Crippen LogP contribution in [-0.4, -0.2) is 43.3 Å². The van der Waals surface area contributed by atoms with Crippen molar-refractivity contribution < 1.29 is 4.74 Å². The second-order valence-electron chi connectivity index (χ2n) is 4.22. The van der Waals surface area contributed by atoms with Crippen molar-refractivity contribution in [2.75, 3.05) is 32.8 Å². The number of likely N-dealkylation sites (tertiary alicyclic amines) is 1. The number of nitrogens with zero attached hydrogens (tertiary/aromatic N) is 1. The van der Waals surface area contributed by atoms with E-state index >= 15 is 0 Å². The molecule has 0 aromatic rings. The highest BCUT2D eigenvalue weighted by atomic mass is 16.5. The maximum Gasteiger partial charge on any atom is 0.0483 e. The van der Waals surface area contributed by atoms with Gasteiger partial charge in [0.05, 0.1) is 0 Å². The molecule has 0 aromatic heterocycles. The van der Waals surface area contributed by atoms with Crippen LogP contribution in [0.5, 0.6) is 0 Å². The first-order valence-corrected chi connectivity index (χ1v) is 5.40. The van der Waals surface area contributed by atoms with Gasteiger partial charge >= 0.3 is 0 Å². The van der Waals surface area contributed by atoms with Crippen molar-refractivity contribution in [1.29, 1.82) is 0 Å². The minimum Gasteiger partial charge on any atom is -0.381 e. The molecule has 0 atom stereocenters. The van der Waals surface area contributed by atoms with Crippen LogP contribution in [0, 0.1) is 0 Å². The van der Waals surface area contributed by atoms with Crippen LogP contribution in [0.25, 0.3) is 0 Å². The Balaban J connectivity index is 2.00. The van der Waals surface area contributed by atoms with Gasteiger partial charge in [-0.2, -0.15) is 0 Å². The lowest BCUT2D eigenvalue weighted by molar-refractivity contribution is -0.00679. The first-order valence-electron chi connectivity index (χ1n) is 5.40. The van der Waals surface area contributed by atoms with Crippen molar-refractivity contribution in [2.45, 2.75) is 31.2 Å². The van der Waals surface area contributed by atoms with Gasteiger partial charge in [-0.3, -0.25) is 4.90 Å². The summed E-state index contributed by atoms with van der Waals surface area (Å²) >= 11 is 0. The number of ether oxygens (including phenoxy) is 1. The zero-order valence-corrected chi connectivity index (χ0v) is 8.30. The van der Waals surface area contributed by atoms with Gasteiger partial charge in [0, 0.05) is 31.8 Å². The fraction of sp³-hybridized carbons (Fsp3) is 1.00. The SMILES string of the molecule is NCCN1CCCC12CCOCC2. The van der Waals surface area contributed by atoms with E-state index in [1.807, 2.05) is 0 Å². The van der Waals surface area contributed by atoms with Crippen LogP contribution in [0.3, 0.4) is 0 Å². The van der Waals surface area contributed by atoms with Gasteiger partial charge in [0.25, 0.3) is 0 Å². The third kappa shape index (κ3) is 1.73. The number of rotatable bonds is 2. The van der Waals surface area contributed by atoms with Gasteiger partial charge in [0.15, 0.2) is 0 Å². The Morgan fingerprint density at radius 1 is 1.23 bits per heavy atom. The molecule has 2 N–H and O–H groups in total. The number of nitrogens with two attached hydrogens (primary N) is 1. The molecule has 2 fully saturated rings. The van der Waals surface area contributed by atoms with Crippen LogP contribution in [0.4, 0.5) is 0 Å². The summed E-state index contributed by atoms with van der Waals surface area (Å²) in [4.78, 5) is 2.59. The average molecular weight is 184 g/mol. The van der Waals surface area contributed by atoms with E-state index in [9.17, 15) is 0 Å². The molecule has 0 amide bonds. The largest absolute Gasteiger partial charge is 0.381 e. The normalized spacial score (nSPS) is 28.4. The third-order valence-electron chi connectivity index (χ3n) is 3.56. The maximum absolute atomic E-state index is 5.63. The van der Waals surface area contributed by atoms with Crippen LogP contribution in [-0.2, 0) is 4.74 Å². The fourth-order valence-electron chi connectivity index (χ4n) is 2.82. The van der Waals surface area contributed by atoms with Crippen molar-refractivity contribution in [2.24, 2.45) is 5.73 Å². The summed E-state index contributed by atoms with van der Waals surface area (Å²) in [5.74, 6) is 0.